The van der Waals surface area contributed by atoms with Gasteiger partial charge in [0.15, 0.2) is 0 Å². The van der Waals surface area contributed by atoms with Gasteiger partial charge in [0.2, 0.25) is 11.8 Å². The number of benzene rings is 3. The lowest BCUT2D eigenvalue weighted by atomic mass is 10.1. The second-order valence-corrected chi connectivity index (χ2v) is 8.56. The largest absolute Gasteiger partial charge is 0.475 e. The predicted octanol–water partition coefficient (Wildman–Crippen LogP) is 6.44. The zero-order valence-electron chi connectivity index (χ0n) is 22.8. The van der Waals surface area contributed by atoms with Gasteiger partial charge in [0, 0.05) is 36.5 Å². The Labute approximate surface area is 267 Å². The van der Waals surface area contributed by atoms with Crippen LogP contribution in [0.5, 0.6) is 0 Å². The summed E-state index contributed by atoms with van der Waals surface area (Å²) >= 11 is 0. The van der Waals surface area contributed by atoms with E-state index in [0.29, 0.717) is 49.2 Å². The number of hydrogen-bond donors (Lipinski definition) is 4. The molecule has 14 heteroatoms. The lowest BCUT2D eigenvalue weighted by Crippen LogP contribution is -2.09. The topological polar surface area (TPSA) is 142 Å². The second-order valence-electron chi connectivity index (χ2n) is 8.56. The van der Waals surface area contributed by atoms with Gasteiger partial charge in [0.1, 0.15) is 24.9 Å². The molecule has 0 saturated heterocycles. The highest BCUT2D eigenvalue weighted by Crippen LogP contribution is 2.27. The normalized spacial score (nSPS) is 10.1. The number of imidazole rings is 2. The number of aromatic amines is 2. The Kier molecular flexibility index (Phi) is 14.8. The number of hydrogen-bond acceptors (Lipinski definition) is 8. The summed E-state index contributed by atoms with van der Waals surface area (Å²) in [6.45, 7) is 1.49. The Morgan fingerprint density at radius 3 is 1.45 bits per heavy atom. The minimum absolute atomic E-state index is 0. The van der Waals surface area contributed by atoms with E-state index in [-0.39, 0.29) is 61.4 Å². The molecule has 0 radical (unpaired) electrons. The average Bonchev–Trinajstić information content (AvgIpc) is 3.57. The molecule has 2 aromatic heterocycles. The van der Waals surface area contributed by atoms with E-state index in [1.54, 1.807) is 14.2 Å². The van der Waals surface area contributed by atoms with Crippen molar-refractivity contribution in [1.29, 1.82) is 10.8 Å². The molecule has 0 atom stereocenters. The molecule has 2 heterocycles. The van der Waals surface area contributed by atoms with Crippen molar-refractivity contribution in [1.82, 2.24) is 19.9 Å². The van der Waals surface area contributed by atoms with E-state index in [2.05, 4.69) is 9.97 Å². The maximum absolute atomic E-state index is 8.15. The fraction of sp³-hybridized carbons (Fsp3) is 0.214. The van der Waals surface area contributed by atoms with E-state index in [4.69, 9.17) is 39.7 Å². The highest BCUT2D eigenvalue weighted by Gasteiger charge is 2.12. The molecule has 226 valence electrons. The number of ether oxygens (including phenoxy) is 4. The summed E-state index contributed by atoms with van der Waals surface area (Å²) in [6, 6.07) is 19.0. The molecule has 3 aromatic carbocycles. The molecule has 0 unspecified atom stereocenters. The monoisotopic (exact) mass is 656 g/mol. The summed E-state index contributed by atoms with van der Waals surface area (Å²) in [5.41, 5.74) is 6.36. The third kappa shape index (κ3) is 8.34. The van der Waals surface area contributed by atoms with Crippen molar-refractivity contribution in [2.45, 2.75) is 0 Å². The quantitative estimate of drug-likeness (QED) is 0.0774. The first kappa shape index (κ1) is 36.6. The number of nitrogens with zero attached hydrogens (tertiary/aromatic N) is 2. The molecular weight excluding hydrogens is 626 g/mol. The summed E-state index contributed by atoms with van der Waals surface area (Å²) in [4.78, 5) is 16.2. The van der Waals surface area contributed by atoms with Crippen LogP contribution in [0.15, 0.2) is 60.7 Å². The molecule has 10 nitrogen and oxygen atoms in total. The summed E-state index contributed by atoms with van der Waals surface area (Å²) in [6.07, 6.45) is 0. The third-order valence-corrected chi connectivity index (χ3v) is 5.97. The standard InChI is InChI=1S/C28H28N6O4.4ClH/c1-35-10-12-37-25(29)17-6-8-21-23(15-17)33-27(31-21)19-4-3-5-20(14-19)28-32-22-9-7-18(16-24(22)34-28)26(30)38-13-11-36-2;;;;/h3-9,14-16,29-30H,10-13H2,1-2H3,(H,31,33)(H,32,34);4*1H. The summed E-state index contributed by atoms with van der Waals surface area (Å²) in [5, 5.41) is 16.3. The molecule has 0 aliphatic heterocycles. The zero-order valence-corrected chi connectivity index (χ0v) is 26.0. The van der Waals surface area contributed by atoms with Crippen molar-refractivity contribution in [3.63, 3.8) is 0 Å². The maximum atomic E-state index is 8.15. The van der Waals surface area contributed by atoms with Crippen LogP contribution in [0.25, 0.3) is 44.8 Å². The SMILES string of the molecule is COCCOC(=N)c1ccc2nc(-c3cccc(-c4nc5ccc(C(=N)OCCOC)cc5[nH]4)c3)[nH]c2c1.Cl.Cl.Cl.Cl. The van der Waals surface area contributed by atoms with Crippen LogP contribution in [0.4, 0.5) is 0 Å². The summed E-state index contributed by atoms with van der Waals surface area (Å²) in [5.74, 6) is 1.61. The van der Waals surface area contributed by atoms with Gasteiger partial charge in [-0.25, -0.2) is 9.97 Å². The van der Waals surface area contributed by atoms with Crippen LogP contribution >= 0.6 is 49.6 Å². The van der Waals surface area contributed by atoms with Crippen LogP contribution in [0, 0.1) is 10.8 Å². The molecule has 0 aliphatic rings. The molecule has 0 fully saturated rings. The van der Waals surface area contributed by atoms with Crippen LogP contribution in [0.2, 0.25) is 0 Å². The Bertz CT molecular complexity index is 1510. The number of methoxy groups -OCH3 is 2. The van der Waals surface area contributed by atoms with Crippen LogP contribution < -0.4 is 0 Å². The van der Waals surface area contributed by atoms with Gasteiger partial charge in [-0.15, -0.1) is 49.6 Å². The van der Waals surface area contributed by atoms with E-state index >= 15 is 0 Å². The van der Waals surface area contributed by atoms with Crippen LogP contribution in [-0.4, -0.2) is 72.4 Å². The fourth-order valence-electron chi connectivity index (χ4n) is 4.01. The van der Waals surface area contributed by atoms with E-state index in [1.807, 2.05) is 60.7 Å². The predicted molar refractivity (Wildman–Crippen MR) is 175 cm³/mol. The molecule has 4 N–H and O–H groups in total. The Morgan fingerprint density at radius 2 is 1.05 bits per heavy atom. The molecule has 0 amide bonds. The van der Waals surface area contributed by atoms with E-state index in [0.717, 1.165) is 33.2 Å². The lowest BCUT2D eigenvalue weighted by molar-refractivity contribution is 0.141. The third-order valence-electron chi connectivity index (χ3n) is 5.97. The Morgan fingerprint density at radius 1 is 0.619 bits per heavy atom. The van der Waals surface area contributed by atoms with Gasteiger partial charge in [-0.2, -0.15) is 0 Å². The summed E-state index contributed by atoms with van der Waals surface area (Å²) in [7, 11) is 3.19. The van der Waals surface area contributed by atoms with Gasteiger partial charge in [-0.3, -0.25) is 10.8 Å². The first-order valence-electron chi connectivity index (χ1n) is 12.1. The van der Waals surface area contributed by atoms with Crippen molar-refractivity contribution in [3.8, 4) is 22.8 Å². The number of fused-ring (bicyclic) bond motifs is 2. The van der Waals surface area contributed by atoms with Gasteiger partial charge < -0.3 is 28.9 Å². The van der Waals surface area contributed by atoms with Crippen molar-refractivity contribution < 1.29 is 18.9 Å². The highest BCUT2D eigenvalue weighted by molar-refractivity contribution is 5.96. The molecule has 0 spiro atoms. The van der Waals surface area contributed by atoms with Crippen molar-refractivity contribution in [3.05, 3.63) is 71.8 Å². The van der Waals surface area contributed by atoms with Gasteiger partial charge in [-0.05, 0) is 42.5 Å². The zero-order chi connectivity index (χ0) is 26.5. The molecular formula is C28H32Cl4N6O4. The highest BCUT2D eigenvalue weighted by atomic mass is 35.5. The first-order chi connectivity index (χ1) is 18.6. The minimum Gasteiger partial charge on any atom is -0.475 e. The van der Waals surface area contributed by atoms with Crippen LogP contribution in [-0.2, 0) is 18.9 Å². The summed E-state index contributed by atoms with van der Waals surface area (Å²) < 4.78 is 20.8. The smallest absolute Gasteiger partial charge is 0.213 e. The molecule has 0 bridgehead atoms. The minimum atomic E-state index is 0. The van der Waals surface area contributed by atoms with Crippen LogP contribution in [0.1, 0.15) is 11.1 Å². The van der Waals surface area contributed by atoms with Gasteiger partial charge in [-0.1, -0.05) is 18.2 Å². The Hall–Kier alpha value is -3.38. The number of halogens is 4. The van der Waals surface area contributed by atoms with Gasteiger partial charge in [0.05, 0.1) is 35.3 Å². The van der Waals surface area contributed by atoms with Crippen molar-refractivity contribution in [2.75, 3.05) is 40.6 Å². The van der Waals surface area contributed by atoms with Gasteiger partial charge >= 0.3 is 0 Å². The maximum Gasteiger partial charge on any atom is 0.213 e. The lowest BCUT2D eigenvalue weighted by Gasteiger charge is -2.06. The van der Waals surface area contributed by atoms with Crippen molar-refractivity contribution >= 4 is 83.5 Å². The first-order valence-corrected chi connectivity index (χ1v) is 12.1. The number of rotatable bonds is 10. The van der Waals surface area contributed by atoms with Crippen molar-refractivity contribution in [2.24, 2.45) is 0 Å². The Balaban J connectivity index is 0.00000220. The molecule has 0 aliphatic carbocycles. The van der Waals surface area contributed by atoms with Crippen LogP contribution in [0.3, 0.4) is 0 Å². The van der Waals surface area contributed by atoms with E-state index in [9.17, 15) is 0 Å². The average molecular weight is 658 g/mol. The van der Waals surface area contributed by atoms with Gasteiger partial charge in [0.25, 0.3) is 0 Å². The molecule has 5 rings (SSSR count). The second kappa shape index (κ2) is 16.9. The molecule has 0 saturated carbocycles. The fourth-order valence-corrected chi connectivity index (χ4v) is 4.01. The van der Waals surface area contributed by atoms with E-state index < -0.39 is 0 Å². The number of nitrogens with one attached hydrogen (secondary N) is 4. The molecule has 5 aromatic rings. The molecule has 42 heavy (non-hydrogen) atoms. The number of H-pyrrole nitrogens is 2. The van der Waals surface area contributed by atoms with E-state index in [1.165, 1.54) is 0 Å². The number of aromatic nitrogens is 4.